The Morgan fingerprint density at radius 2 is 1.10 bits per heavy atom. The van der Waals surface area contributed by atoms with Crippen LogP contribution < -0.4 is 0 Å². The van der Waals surface area contributed by atoms with Crippen LogP contribution in [-0.4, -0.2) is 0 Å². The molecule has 0 radical (unpaired) electrons. The summed E-state index contributed by atoms with van der Waals surface area (Å²) in [5.41, 5.74) is -0.413. The summed E-state index contributed by atoms with van der Waals surface area (Å²) in [6.07, 6.45) is 3.82. The molecule has 2 fully saturated rings. The molecule has 0 N–H and O–H groups in total. The lowest BCUT2D eigenvalue weighted by molar-refractivity contribution is 0.461. The van der Waals surface area contributed by atoms with Gasteiger partial charge >= 0.3 is 0 Å². The molecule has 50 valence electrons. The second kappa shape index (κ2) is 1.35. The molecule has 0 amide bonds. The van der Waals surface area contributed by atoms with Crippen molar-refractivity contribution in [1.29, 1.82) is 10.5 Å². The van der Waals surface area contributed by atoms with Gasteiger partial charge in [0.15, 0.2) is 0 Å². The first-order chi connectivity index (χ1) is 4.79. The molecule has 0 heterocycles. The van der Waals surface area contributed by atoms with Gasteiger partial charge < -0.3 is 0 Å². The topological polar surface area (TPSA) is 47.6 Å². The van der Waals surface area contributed by atoms with Gasteiger partial charge in [0.2, 0.25) is 0 Å². The molecule has 0 atom stereocenters. The van der Waals surface area contributed by atoms with Crippen molar-refractivity contribution in [1.82, 2.24) is 0 Å². The highest BCUT2D eigenvalue weighted by Gasteiger charge is 2.67. The second-order valence-electron chi connectivity index (χ2n) is 3.39. The van der Waals surface area contributed by atoms with E-state index in [4.69, 9.17) is 10.5 Å². The van der Waals surface area contributed by atoms with Crippen LogP contribution in [0, 0.1) is 33.5 Å². The lowest BCUT2D eigenvalue weighted by atomic mass is 9.88. The highest BCUT2D eigenvalue weighted by Crippen LogP contribution is 2.69. The van der Waals surface area contributed by atoms with Gasteiger partial charge in [-0.3, -0.25) is 0 Å². The SMILES string of the molecule is N#CC1(C2(C#N)CC2)CC1. The summed E-state index contributed by atoms with van der Waals surface area (Å²) in [7, 11) is 0. The maximum atomic E-state index is 8.76. The van der Waals surface area contributed by atoms with Gasteiger partial charge in [-0.25, -0.2) is 0 Å². The van der Waals surface area contributed by atoms with E-state index in [0.717, 1.165) is 25.7 Å². The predicted molar refractivity (Wildman–Crippen MR) is 34.6 cm³/mol. The van der Waals surface area contributed by atoms with Crippen molar-refractivity contribution in [3.8, 4) is 12.1 Å². The van der Waals surface area contributed by atoms with E-state index >= 15 is 0 Å². The molecule has 0 aliphatic heterocycles. The summed E-state index contributed by atoms with van der Waals surface area (Å²) in [4.78, 5) is 0. The van der Waals surface area contributed by atoms with Crippen LogP contribution >= 0.6 is 0 Å². The molecule has 2 nitrogen and oxygen atoms in total. The standard InChI is InChI=1S/C8H8N2/c9-5-7(1-2-7)8(6-10)3-4-8/h1-4H2. The third-order valence-electron chi connectivity index (χ3n) is 2.84. The normalized spacial score (nSPS) is 29.8. The average Bonchev–Trinajstić information content (AvgIpc) is 2.84. The maximum Gasteiger partial charge on any atom is 0.0761 e. The molecule has 2 saturated carbocycles. The third-order valence-corrected chi connectivity index (χ3v) is 2.84. The van der Waals surface area contributed by atoms with Crippen molar-refractivity contribution in [3.63, 3.8) is 0 Å². The molecular weight excluding hydrogens is 124 g/mol. The number of hydrogen-bond donors (Lipinski definition) is 0. The van der Waals surface area contributed by atoms with Crippen molar-refractivity contribution >= 4 is 0 Å². The smallest absolute Gasteiger partial charge is 0.0761 e. The van der Waals surface area contributed by atoms with Crippen LogP contribution in [0.1, 0.15) is 25.7 Å². The van der Waals surface area contributed by atoms with E-state index in [-0.39, 0.29) is 10.8 Å². The first kappa shape index (κ1) is 5.74. The van der Waals surface area contributed by atoms with E-state index in [2.05, 4.69) is 12.1 Å². The molecule has 0 bridgehead atoms. The fourth-order valence-corrected chi connectivity index (χ4v) is 1.64. The van der Waals surface area contributed by atoms with Gasteiger partial charge in [-0.05, 0) is 25.7 Å². The average molecular weight is 132 g/mol. The van der Waals surface area contributed by atoms with Crippen LogP contribution in [0.15, 0.2) is 0 Å². The summed E-state index contributed by atoms with van der Waals surface area (Å²) >= 11 is 0. The van der Waals surface area contributed by atoms with Crippen molar-refractivity contribution in [2.75, 3.05) is 0 Å². The Bertz CT molecular complexity index is 217. The lowest BCUT2D eigenvalue weighted by Crippen LogP contribution is -2.12. The Balaban J connectivity index is 2.29. The summed E-state index contributed by atoms with van der Waals surface area (Å²) in [5.74, 6) is 0. The summed E-state index contributed by atoms with van der Waals surface area (Å²) < 4.78 is 0. The molecule has 0 spiro atoms. The molecule has 2 heteroatoms. The first-order valence-corrected chi connectivity index (χ1v) is 3.61. The Morgan fingerprint density at radius 3 is 1.20 bits per heavy atom. The van der Waals surface area contributed by atoms with Crippen LogP contribution in [-0.2, 0) is 0 Å². The van der Waals surface area contributed by atoms with Gasteiger partial charge in [0.1, 0.15) is 0 Å². The summed E-state index contributed by atoms with van der Waals surface area (Å²) in [5, 5.41) is 17.5. The molecule has 2 aliphatic carbocycles. The second-order valence-corrected chi connectivity index (χ2v) is 3.39. The fourth-order valence-electron chi connectivity index (χ4n) is 1.64. The van der Waals surface area contributed by atoms with E-state index in [1.54, 1.807) is 0 Å². The van der Waals surface area contributed by atoms with E-state index in [9.17, 15) is 0 Å². The first-order valence-electron chi connectivity index (χ1n) is 3.61. The molecule has 2 aliphatic rings. The fraction of sp³-hybridized carbons (Fsp3) is 0.750. The van der Waals surface area contributed by atoms with Gasteiger partial charge in [-0.1, -0.05) is 0 Å². The van der Waals surface area contributed by atoms with Crippen LogP contribution in [0.4, 0.5) is 0 Å². The summed E-state index contributed by atoms with van der Waals surface area (Å²) in [6, 6.07) is 4.57. The minimum atomic E-state index is -0.207. The molecule has 0 unspecified atom stereocenters. The number of rotatable bonds is 1. The summed E-state index contributed by atoms with van der Waals surface area (Å²) in [6.45, 7) is 0. The Labute approximate surface area is 60.1 Å². The lowest BCUT2D eigenvalue weighted by Gasteiger charge is -2.08. The minimum Gasteiger partial charge on any atom is -0.198 e. The molecule has 0 aromatic rings. The van der Waals surface area contributed by atoms with Crippen molar-refractivity contribution in [3.05, 3.63) is 0 Å². The number of nitrogens with zero attached hydrogens (tertiary/aromatic N) is 2. The quantitative estimate of drug-likeness (QED) is 0.544. The zero-order chi connectivity index (χ0) is 7.24. The molecular formula is C8H8N2. The molecule has 0 aromatic heterocycles. The van der Waals surface area contributed by atoms with Crippen molar-refractivity contribution < 1.29 is 0 Å². The Morgan fingerprint density at radius 1 is 0.800 bits per heavy atom. The van der Waals surface area contributed by atoms with E-state index in [1.165, 1.54) is 0 Å². The largest absolute Gasteiger partial charge is 0.198 e. The highest BCUT2D eigenvalue weighted by molar-refractivity contribution is 5.31. The van der Waals surface area contributed by atoms with Crippen LogP contribution in [0.5, 0.6) is 0 Å². The van der Waals surface area contributed by atoms with E-state index in [1.807, 2.05) is 0 Å². The Hall–Kier alpha value is -1.02. The van der Waals surface area contributed by atoms with Gasteiger partial charge in [-0.2, -0.15) is 10.5 Å². The van der Waals surface area contributed by atoms with Gasteiger partial charge in [0.25, 0.3) is 0 Å². The number of nitriles is 2. The maximum absolute atomic E-state index is 8.76. The highest BCUT2D eigenvalue weighted by atomic mass is 14.7. The zero-order valence-electron chi connectivity index (χ0n) is 5.72. The molecule has 2 rings (SSSR count). The monoisotopic (exact) mass is 132 g/mol. The molecule has 0 aromatic carbocycles. The van der Waals surface area contributed by atoms with Crippen LogP contribution in [0.2, 0.25) is 0 Å². The van der Waals surface area contributed by atoms with Crippen LogP contribution in [0.25, 0.3) is 0 Å². The Kier molecular flexibility index (Phi) is 0.774. The van der Waals surface area contributed by atoms with Gasteiger partial charge in [0, 0.05) is 0 Å². The van der Waals surface area contributed by atoms with Crippen LogP contribution in [0.3, 0.4) is 0 Å². The minimum absolute atomic E-state index is 0.207. The van der Waals surface area contributed by atoms with E-state index in [0.29, 0.717) is 0 Å². The van der Waals surface area contributed by atoms with Gasteiger partial charge in [0.05, 0.1) is 23.0 Å². The van der Waals surface area contributed by atoms with Crippen molar-refractivity contribution in [2.24, 2.45) is 10.8 Å². The van der Waals surface area contributed by atoms with E-state index < -0.39 is 0 Å². The number of hydrogen-bond acceptors (Lipinski definition) is 2. The molecule has 0 saturated heterocycles. The predicted octanol–water partition coefficient (Wildman–Crippen LogP) is 1.59. The zero-order valence-corrected chi connectivity index (χ0v) is 5.72. The van der Waals surface area contributed by atoms with Gasteiger partial charge in [-0.15, -0.1) is 0 Å². The van der Waals surface area contributed by atoms with Crippen molar-refractivity contribution in [2.45, 2.75) is 25.7 Å². The third kappa shape index (κ3) is 0.434. The molecule has 10 heavy (non-hydrogen) atoms.